The number of likely N-dealkylation sites (N-methyl/N-ethyl adjacent to an activating group) is 1. The Balaban J connectivity index is 1.44. The van der Waals surface area contributed by atoms with E-state index in [1.54, 1.807) is 36.1 Å². The predicted molar refractivity (Wildman–Crippen MR) is 169 cm³/mol. The molecule has 44 heavy (non-hydrogen) atoms. The number of carbonyl (C=O) groups excluding carboxylic acids is 3. The van der Waals surface area contributed by atoms with Gasteiger partial charge in [0.15, 0.2) is 0 Å². The van der Waals surface area contributed by atoms with Crippen LogP contribution in [0.15, 0.2) is 90.1 Å². The minimum atomic E-state index is -0.737. The van der Waals surface area contributed by atoms with Crippen LogP contribution < -0.4 is 10.1 Å². The molecule has 2 aliphatic rings. The molecular weight excluding hydrogens is 580 g/mol. The van der Waals surface area contributed by atoms with E-state index in [4.69, 9.17) is 21.1 Å². The van der Waals surface area contributed by atoms with Gasteiger partial charge in [-0.2, -0.15) is 0 Å². The van der Waals surface area contributed by atoms with Gasteiger partial charge in [-0.25, -0.2) is 9.59 Å². The van der Waals surface area contributed by atoms with Crippen molar-refractivity contribution in [3.63, 3.8) is 0 Å². The second-order valence-corrected chi connectivity index (χ2v) is 11.2. The number of piperazine rings is 1. The second kappa shape index (κ2) is 14.0. The summed E-state index contributed by atoms with van der Waals surface area (Å²) in [6.45, 7) is 8.13. The standard InChI is InChI=1S/C34H37ClN4O5/c1-4-38-29(22-37-18-19-39(23(3)21-37)32(40)27-16-9-10-17-28(27)35)30(33(41)43-5-2)31(36-34(38)42)24-12-11-15-26(20-24)44-25-13-7-6-8-14-25/h6-17,20,23,31H,4-5,18-19,21-22H2,1-3H3,(H,36,42)/t23-,31+/m0/s1. The summed E-state index contributed by atoms with van der Waals surface area (Å²) in [5.74, 6) is 0.663. The summed E-state index contributed by atoms with van der Waals surface area (Å²) in [5, 5.41) is 3.45. The monoisotopic (exact) mass is 616 g/mol. The number of hydrogen-bond acceptors (Lipinski definition) is 6. The molecule has 3 amide bonds. The maximum atomic E-state index is 13.6. The van der Waals surface area contributed by atoms with E-state index in [1.165, 1.54) is 0 Å². The molecule has 2 atom stereocenters. The van der Waals surface area contributed by atoms with Gasteiger partial charge < -0.3 is 19.7 Å². The summed E-state index contributed by atoms with van der Waals surface area (Å²) >= 11 is 6.32. The van der Waals surface area contributed by atoms with Crippen LogP contribution in [-0.2, 0) is 9.53 Å². The zero-order valence-electron chi connectivity index (χ0n) is 25.2. The third-order valence-electron chi connectivity index (χ3n) is 7.87. The van der Waals surface area contributed by atoms with Crippen molar-refractivity contribution in [1.82, 2.24) is 20.0 Å². The van der Waals surface area contributed by atoms with Crippen molar-refractivity contribution in [2.75, 3.05) is 39.3 Å². The van der Waals surface area contributed by atoms with E-state index < -0.39 is 12.0 Å². The highest BCUT2D eigenvalue weighted by molar-refractivity contribution is 6.33. The number of carbonyl (C=O) groups is 3. The van der Waals surface area contributed by atoms with Gasteiger partial charge >= 0.3 is 12.0 Å². The molecule has 9 nitrogen and oxygen atoms in total. The average molecular weight is 617 g/mol. The Morgan fingerprint density at radius 2 is 1.68 bits per heavy atom. The number of esters is 1. The van der Waals surface area contributed by atoms with Crippen LogP contribution in [0.4, 0.5) is 4.79 Å². The van der Waals surface area contributed by atoms with Crippen molar-refractivity contribution in [1.29, 1.82) is 0 Å². The molecule has 0 aromatic heterocycles. The van der Waals surface area contributed by atoms with E-state index in [9.17, 15) is 14.4 Å². The maximum absolute atomic E-state index is 13.6. The summed E-state index contributed by atoms with van der Waals surface area (Å²) in [7, 11) is 0. The molecule has 5 rings (SSSR count). The van der Waals surface area contributed by atoms with Crippen molar-refractivity contribution >= 4 is 29.5 Å². The number of halogens is 1. The van der Waals surface area contributed by atoms with Gasteiger partial charge in [0.05, 0.1) is 28.8 Å². The molecule has 10 heteroatoms. The first kappa shape index (κ1) is 31.1. The van der Waals surface area contributed by atoms with Crippen LogP contribution in [0, 0.1) is 0 Å². The Hall–Kier alpha value is -4.34. The van der Waals surface area contributed by atoms with Gasteiger partial charge in [0, 0.05) is 44.5 Å². The quantitative estimate of drug-likeness (QED) is 0.302. The van der Waals surface area contributed by atoms with Gasteiger partial charge in [-0.15, -0.1) is 0 Å². The predicted octanol–water partition coefficient (Wildman–Crippen LogP) is 5.88. The number of nitrogens with zero attached hydrogens (tertiary/aromatic N) is 3. The van der Waals surface area contributed by atoms with Crippen LogP contribution in [-0.4, -0.2) is 78.0 Å². The van der Waals surface area contributed by atoms with Gasteiger partial charge in [0.1, 0.15) is 11.5 Å². The van der Waals surface area contributed by atoms with E-state index >= 15 is 0 Å². The topological polar surface area (TPSA) is 91.4 Å². The second-order valence-electron chi connectivity index (χ2n) is 10.8. The van der Waals surface area contributed by atoms with E-state index in [0.29, 0.717) is 71.6 Å². The summed E-state index contributed by atoms with van der Waals surface area (Å²) < 4.78 is 11.6. The van der Waals surface area contributed by atoms with Crippen molar-refractivity contribution in [3.8, 4) is 11.5 Å². The molecule has 0 spiro atoms. The van der Waals surface area contributed by atoms with Crippen molar-refractivity contribution in [3.05, 3.63) is 106 Å². The SMILES string of the molecule is CCOC(=O)C1=C(CN2CCN(C(=O)c3ccccc3Cl)[C@@H](C)C2)N(CC)C(=O)N[C@@H]1c1cccc(Oc2ccccc2)c1. The molecule has 1 saturated heterocycles. The van der Waals surface area contributed by atoms with Crippen LogP contribution in [0.25, 0.3) is 0 Å². The van der Waals surface area contributed by atoms with Gasteiger partial charge in [-0.1, -0.05) is 54.1 Å². The molecule has 3 aromatic rings. The molecule has 3 aromatic carbocycles. The first-order valence-electron chi connectivity index (χ1n) is 14.9. The number of nitrogens with one attached hydrogen (secondary N) is 1. The molecule has 0 bridgehead atoms. The Morgan fingerprint density at radius 1 is 0.955 bits per heavy atom. The normalized spacial score (nSPS) is 19.0. The third kappa shape index (κ3) is 6.74. The average Bonchev–Trinajstić information content (AvgIpc) is 3.02. The van der Waals surface area contributed by atoms with Crippen LogP contribution in [0.2, 0.25) is 5.02 Å². The Bertz CT molecular complexity index is 1550. The molecule has 1 N–H and O–H groups in total. The number of benzene rings is 3. The first-order chi connectivity index (χ1) is 21.3. The molecule has 0 unspecified atom stereocenters. The van der Waals surface area contributed by atoms with Gasteiger partial charge in [-0.3, -0.25) is 14.6 Å². The smallest absolute Gasteiger partial charge is 0.338 e. The minimum absolute atomic E-state index is 0.112. The highest BCUT2D eigenvalue weighted by Gasteiger charge is 2.39. The molecule has 1 fully saturated rings. The summed E-state index contributed by atoms with van der Waals surface area (Å²) in [4.78, 5) is 46.0. The number of hydrogen-bond donors (Lipinski definition) is 1. The Kier molecular flexibility index (Phi) is 9.87. The van der Waals surface area contributed by atoms with Gasteiger partial charge in [-0.05, 0) is 62.7 Å². The first-order valence-corrected chi connectivity index (χ1v) is 15.3. The molecular formula is C34H37ClN4O5. The summed E-state index contributed by atoms with van der Waals surface area (Å²) in [6, 6.07) is 22.7. The number of ether oxygens (including phenoxy) is 2. The molecule has 230 valence electrons. The highest BCUT2D eigenvalue weighted by atomic mass is 35.5. The highest BCUT2D eigenvalue weighted by Crippen LogP contribution is 2.34. The fourth-order valence-corrected chi connectivity index (χ4v) is 5.99. The molecule has 0 radical (unpaired) electrons. The number of rotatable bonds is 9. The molecule has 0 aliphatic carbocycles. The van der Waals surface area contributed by atoms with Gasteiger partial charge in [0.25, 0.3) is 5.91 Å². The lowest BCUT2D eigenvalue weighted by molar-refractivity contribution is -0.139. The van der Waals surface area contributed by atoms with Crippen LogP contribution in [0.3, 0.4) is 0 Å². The van der Waals surface area contributed by atoms with Crippen molar-refractivity contribution in [2.24, 2.45) is 0 Å². The number of amides is 3. The number of para-hydroxylation sites is 1. The zero-order chi connectivity index (χ0) is 31.2. The molecule has 0 saturated carbocycles. The van der Waals surface area contributed by atoms with Crippen molar-refractivity contribution in [2.45, 2.75) is 32.9 Å². The van der Waals surface area contributed by atoms with Crippen LogP contribution in [0.5, 0.6) is 11.5 Å². The third-order valence-corrected chi connectivity index (χ3v) is 8.20. The van der Waals surface area contributed by atoms with E-state index in [-0.39, 0.29) is 24.6 Å². The molecule has 2 heterocycles. The fourth-order valence-electron chi connectivity index (χ4n) is 5.77. The summed E-state index contributed by atoms with van der Waals surface area (Å²) in [6.07, 6.45) is 0. The number of urea groups is 1. The lowest BCUT2D eigenvalue weighted by Gasteiger charge is -2.43. The summed E-state index contributed by atoms with van der Waals surface area (Å²) in [5.41, 5.74) is 2.15. The Labute approximate surface area is 263 Å². The van der Waals surface area contributed by atoms with Crippen LogP contribution in [0.1, 0.15) is 42.7 Å². The van der Waals surface area contributed by atoms with E-state index in [0.717, 1.165) is 0 Å². The van der Waals surface area contributed by atoms with Gasteiger partial charge in [0.2, 0.25) is 0 Å². The maximum Gasteiger partial charge on any atom is 0.338 e. The minimum Gasteiger partial charge on any atom is -0.463 e. The Morgan fingerprint density at radius 3 is 2.39 bits per heavy atom. The molecule has 2 aliphatic heterocycles. The lowest BCUT2D eigenvalue weighted by atomic mass is 9.93. The van der Waals surface area contributed by atoms with E-state index in [1.807, 2.05) is 73.3 Å². The van der Waals surface area contributed by atoms with E-state index in [2.05, 4.69) is 10.2 Å². The lowest BCUT2D eigenvalue weighted by Crippen LogP contribution is -2.56. The van der Waals surface area contributed by atoms with Crippen LogP contribution >= 0.6 is 11.6 Å². The zero-order valence-corrected chi connectivity index (χ0v) is 25.9. The fraction of sp³-hybridized carbons (Fsp3) is 0.324. The largest absolute Gasteiger partial charge is 0.463 e. The van der Waals surface area contributed by atoms with Crippen molar-refractivity contribution < 1.29 is 23.9 Å².